The van der Waals surface area contributed by atoms with Crippen LogP contribution < -0.4 is 4.74 Å². The summed E-state index contributed by atoms with van der Waals surface area (Å²) < 4.78 is 5.69. The maximum absolute atomic E-state index is 8.97. The molecule has 0 aliphatic heterocycles. The second-order valence-electron chi connectivity index (χ2n) is 5.23. The van der Waals surface area contributed by atoms with Crippen molar-refractivity contribution >= 4 is 0 Å². The number of nitriles is 1. The molecule has 0 saturated heterocycles. The average molecular weight is 258 g/mol. The Hall–Kier alpha value is -1.53. The van der Waals surface area contributed by atoms with Crippen molar-refractivity contribution in [2.24, 2.45) is 0 Å². The predicted molar refractivity (Wildman–Crippen MR) is 76.2 cm³/mol. The lowest BCUT2D eigenvalue weighted by molar-refractivity contribution is 0.216. The zero-order valence-corrected chi connectivity index (χ0v) is 11.6. The topological polar surface area (TPSA) is 36.3 Å². The van der Waals surface area contributed by atoms with Crippen LogP contribution in [0.2, 0.25) is 0 Å². The van der Waals surface area contributed by atoms with E-state index in [1.165, 1.54) is 25.7 Å². The fraction of sp³-hybridized carbons (Fsp3) is 0.562. The summed E-state index contributed by atoms with van der Waals surface area (Å²) in [5.74, 6) is 0.702. The molecule has 0 unspecified atom stereocenters. The predicted octanol–water partition coefficient (Wildman–Crippen LogP) is 3.20. The zero-order valence-electron chi connectivity index (χ0n) is 11.6. The molecular weight excluding hydrogens is 236 g/mol. The van der Waals surface area contributed by atoms with E-state index in [1.54, 1.807) is 6.07 Å². The molecule has 0 atom stereocenters. The number of hydrogen-bond donors (Lipinski definition) is 0. The maximum atomic E-state index is 8.97. The van der Waals surface area contributed by atoms with E-state index in [9.17, 15) is 0 Å². The molecule has 1 aromatic rings. The van der Waals surface area contributed by atoms with E-state index >= 15 is 0 Å². The molecule has 1 aromatic carbocycles. The Morgan fingerprint density at radius 3 is 2.79 bits per heavy atom. The summed E-state index contributed by atoms with van der Waals surface area (Å²) in [5.41, 5.74) is 0.617. The molecular formula is C16H22N2O. The van der Waals surface area contributed by atoms with Crippen LogP contribution in [-0.4, -0.2) is 31.1 Å². The Bertz CT molecular complexity index is 433. The van der Waals surface area contributed by atoms with Gasteiger partial charge in [-0.1, -0.05) is 25.0 Å². The number of benzene rings is 1. The fourth-order valence-electron chi connectivity index (χ4n) is 2.71. The minimum absolute atomic E-state index is 0.617. The van der Waals surface area contributed by atoms with E-state index < -0.39 is 0 Å². The van der Waals surface area contributed by atoms with E-state index in [4.69, 9.17) is 10.00 Å². The highest BCUT2D eigenvalue weighted by atomic mass is 16.5. The first-order valence-corrected chi connectivity index (χ1v) is 7.13. The summed E-state index contributed by atoms with van der Waals surface area (Å²) in [5, 5.41) is 8.97. The van der Waals surface area contributed by atoms with Crippen LogP contribution in [-0.2, 0) is 0 Å². The van der Waals surface area contributed by atoms with Gasteiger partial charge in [0.05, 0.1) is 12.2 Å². The van der Waals surface area contributed by atoms with Crippen LogP contribution in [0.25, 0.3) is 0 Å². The Labute approximate surface area is 115 Å². The molecule has 3 heteroatoms. The van der Waals surface area contributed by atoms with Crippen molar-refractivity contribution in [3.8, 4) is 11.8 Å². The number of nitrogens with zero attached hydrogens (tertiary/aromatic N) is 2. The third-order valence-corrected chi connectivity index (χ3v) is 3.87. The van der Waals surface area contributed by atoms with Gasteiger partial charge in [-0.2, -0.15) is 5.26 Å². The second kappa shape index (κ2) is 7.16. The first-order valence-electron chi connectivity index (χ1n) is 7.13. The molecule has 0 amide bonds. The van der Waals surface area contributed by atoms with Crippen molar-refractivity contribution in [3.63, 3.8) is 0 Å². The smallest absolute Gasteiger partial charge is 0.137 e. The summed E-state index contributed by atoms with van der Waals surface area (Å²) in [7, 11) is 2.21. The third-order valence-electron chi connectivity index (χ3n) is 3.87. The molecule has 0 radical (unpaired) electrons. The SMILES string of the molecule is CN(CCCOc1ccccc1C#N)C1CCCC1. The summed E-state index contributed by atoms with van der Waals surface area (Å²) in [6.45, 7) is 1.75. The molecule has 0 N–H and O–H groups in total. The lowest BCUT2D eigenvalue weighted by Crippen LogP contribution is -2.30. The van der Waals surface area contributed by atoms with Crippen molar-refractivity contribution < 1.29 is 4.74 Å². The lowest BCUT2D eigenvalue weighted by atomic mass is 10.2. The Morgan fingerprint density at radius 1 is 1.32 bits per heavy atom. The van der Waals surface area contributed by atoms with Crippen LogP contribution in [0.1, 0.15) is 37.7 Å². The Balaban J connectivity index is 1.70. The quantitative estimate of drug-likeness (QED) is 0.735. The largest absolute Gasteiger partial charge is 0.492 e. The number of ether oxygens (including phenoxy) is 1. The van der Waals surface area contributed by atoms with Crippen LogP contribution in [0.15, 0.2) is 24.3 Å². The van der Waals surface area contributed by atoms with Crippen molar-refractivity contribution in [1.29, 1.82) is 5.26 Å². The van der Waals surface area contributed by atoms with Crippen LogP contribution in [0.3, 0.4) is 0 Å². The Morgan fingerprint density at radius 2 is 2.05 bits per heavy atom. The highest BCUT2D eigenvalue weighted by molar-refractivity contribution is 5.42. The van der Waals surface area contributed by atoms with Gasteiger partial charge >= 0.3 is 0 Å². The van der Waals surface area contributed by atoms with E-state index in [1.807, 2.05) is 18.2 Å². The fourth-order valence-corrected chi connectivity index (χ4v) is 2.71. The minimum Gasteiger partial charge on any atom is -0.492 e. The molecule has 0 bridgehead atoms. The van der Waals surface area contributed by atoms with E-state index in [0.29, 0.717) is 17.9 Å². The van der Waals surface area contributed by atoms with Crippen molar-refractivity contribution in [2.75, 3.05) is 20.2 Å². The van der Waals surface area contributed by atoms with Crippen molar-refractivity contribution in [2.45, 2.75) is 38.1 Å². The first-order chi connectivity index (χ1) is 9.31. The number of rotatable bonds is 6. The van der Waals surface area contributed by atoms with Crippen LogP contribution in [0, 0.1) is 11.3 Å². The van der Waals surface area contributed by atoms with Gasteiger partial charge in [-0.15, -0.1) is 0 Å². The van der Waals surface area contributed by atoms with Gasteiger partial charge in [0.2, 0.25) is 0 Å². The molecule has 0 spiro atoms. The lowest BCUT2D eigenvalue weighted by Gasteiger charge is -2.23. The average Bonchev–Trinajstić information content (AvgIpc) is 2.98. The van der Waals surface area contributed by atoms with Crippen molar-refractivity contribution in [1.82, 2.24) is 4.90 Å². The monoisotopic (exact) mass is 258 g/mol. The second-order valence-corrected chi connectivity index (χ2v) is 5.23. The van der Waals surface area contributed by atoms with E-state index in [-0.39, 0.29) is 0 Å². The van der Waals surface area contributed by atoms with Gasteiger partial charge < -0.3 is 9.64 Å². The maximum Gasteiger partial charge on any atom is 0.137 e. The zero-order chi connectivity index (χ0) is 13.5. The summed E-state index contributed by atoms with van der Waals surface area (Å²) >= 11 is 0. The van der Waals surface area contributed by atoms with Gasteiger partial charge in [-0.25, -0.2) is 0 Å². The third kappa shape index (κ3) is 3.97. The normalized spacial score (nSPS) is 15.6. The molecule has 1 aliphatic carbocycles. The van der Waals surface area contributed by atoms with Crippen LogP contribution >= 0.6 is 0 Å². The molecule has 2 rings (SSSR count). The van der Waals surface area contributed by atoms with Gasteiger partial charge in [-0.3, -0.25) is 0 Å². The van der Waals surface area contributed by atoms with Gasteiger partial charge in [0.25, 0.3) is 0 Å². The number of para-hydroxylation sites is 1. The molecule has 1 saturated carbocycles. The molecule has 0 aromatic heterocycles. The van der Waals surface area contributed by atoms with Gasteiger partial charge in [0, 0.05) is 12.6 Å². The molecule has 1 aliphatic rings. The van der Waals surface area contributed by atoms with Gasteiger partial charge in [-0.05, 0) is 38.4 Å². The Kier molecular flexibility index (Phi) is 5.23. The van der Waals surface area contributed by atoms with E-state index in [2.05, 4.69) is 18.0 Å². The van der Waals surface area contributed by atoms with E-state index in [0.717, 1.165) is 19.0 Å². The first kappa shape index (κ1) is 13.9. The summed E-state index contributed by atoms with van der Waals surface area (Å²) in [4.78, 5) is 2.45. The van der Waals surface area contributed by atoms with Gasteiger partial charge in [0.15, 0.2) is 0 Å². The van der Waals surface area contributed by atoms with Crippen molar-refractivity contribution in [3.05, 3.63) is 29.8 Å². The molecule has 0 heterocycles. The summed E-state index contributed by atoms with van der Waals surface area (Å²) in [6, 6.07) is 10.3. The number of hydrogen-bond acceptors (Lipinski definition) is 3. The molecule has 1 fully saturated rings. The minimum atomic E-state index is 0.617. The highest BCUT2D eigenvalue weighted by Crippen LogP contribution is 2.22. The molecule has 19 heavy (non-hydrogen) atoms. The standard InChI is InChI=1S/C16H22N2O/c1-18(15-8-3-4-9-15)11-6-12-19-16-10-5-2-7-14(16)13-17/h2,5,7,10,15H,3-4,6,8-9,11-12H2,1H3. The summed E-state index contributed by atoms with van der Waals surface area (Å²) in [6.07, 6.45) is 6.44. The van der Waals surface area contributed by atoms with Crippen LogP contribution in [0.5, 0.6) is 5.75 Å². The van der Waals surface area contributed by atoms with Crippen LogP contribution in [0.4, 0.5) is 0 Å². The molecule has 102 valence electrons. The molecule has 3 nitrogen and oxygen atoms in total. The van der Waals surface area contributed by atoms with Gasteiger partial charge in [0.1, 0.15) is 11.8 Å². The highest BCUT2D eigenvalue weighted by Gasteiger charge is 2.18.